The highest BCUT2D eigenvalue weighted by Crippen LogP contribution is 2.25. The van der Waals surface area contributed by atoms with Crippen LogP contribution in [0.15, 0.2) is 65.2 Å². The molecule has 150 valence electrons. The monoisotopic (exact) mass is 412 g/mol. The Balaban J connectivity index is 1.56. The van der Waals surface area contributed by atoms with Gasteiger partial charge in [0, 0.05) is 19.8 Å². The van der Waals surface area contributed by atoms with Crippen LogP contribution in [0.3, 0.4) is 0 Å². The van der Waals surface area contributed by atoms with Crippen LogP contribution in [0.4, 0.5) is 0 Å². The largest absolute Gasteiger partial charge is 0.335 e. The maximum absolute atomic E-state index is 13.1. The first-order valence-electron chi connectivity index (χ1n) is 9.06. The molecule has 0 radical (unpaired) electrons. The number of allylic oxidation sites excluding steroid dienone is 2. The number of fused-ring (bicyclic) bond motifs is 1. The average molecular weight is 412 g/mol. The number of hydrogen-bond donors (Lipinski definition) is 0. The zero-order valence-electron chi connectivity index (χ0n) is 16.0. The van der Waals surface area contributed by atoms with Crippen molar-refractivity contribution in [1.29, 1.82) is 0 Å². The molecule has 1 aromatic carbocycles. The molecule has 0 saturated carbocycles. The number of sulfonamides is 1. The van der Waals surface area contributed by atoms with Gasteiger partial charge in [0.15, 0.2) is 5.84 Å². The van der Waals surface area contributed by atoms with E-state index < -0.39 is 10.0 Å². The molecule has 1 aromatic heterocycles. The second-order valence-corrected chi connectivity index (χ2v) is 8.59. The summed E-state index contributed by atoms with van der Waals surface area (Å²) in [6.07, 6.45) is 8.15. The molecule has 3 heterocycles. The summed E-state index contributed by atoms with van der Waals surface area (Å²) in [7, 11) is -1.86. The normalized spacial score (nSPS) is 18.5. The molecule has 4 rings (SSSR count). The predicted molar refractivity (Wildman–Crippen MR) is 108 cm³/mol. The third-order valence-corrected chi connectivity index (χ3v) is 6.20. The van der Waals surface area contributed by atoms with Gasteiger partial charge in [-0.2, -0.15) is 5.10 Å². The highest BCUT2D eigenvalue weighted by atomic mass is 32.2. The summed E-state index contributed by atoms with van der Waals surface area (Å²) in [5.41, 5.74) is 2.07. The van der Waals surface area contributed by atoms with Crippen LogP contribution in [0.2, 0.25) is 0 Å². The Labute approximate surface area is 168 Å². The summed E-state index contributed by atoms with van der Waals surface area (Å²) in [4.78, 5) is 20.3. The Bertz CT molecular complexity index is 1120. The summed E-state index contributed by atoms with van der Waals surface area (Å²) in [6.45, 7) is 2.20. The van der Waals surface area contributed by atoms with Crippen LogP contribution < -0.4 is 0 Å². The first kappa shape index (κ1) is 19.1. The number of carbonyl (C=O) groups excluding carboxylic acids is 1. The molecule has 2 aliphatic rings. The maximum atomic E-state index is 13.1. The minimum Gasteiger partial charge on any atom is -0.335 e. The number of amidine groups is 1. The van der Waals surface area contributed by atoms with Crippen molar-refractivity contribution in [3.05, 3.63) is 66.4 Å². The maximum Gasteiger partial charge on any atom is 0.257 e. The molecule has 0 aliphatic carbocycles. The molecule has 1 atom stereocenters. The molecular weight excluding hydrogens is 392 g/mol. The van der Waals surface area contributed by atoms with Crippen molar-refractivity contribution in [3.8, 4) is 5.69 Å². The van der Waals surface area contributed by atoms with Gasteiger partial charge in [0.05, 0.1) is 23.1 Å². The van der Waals surface area contributed by atoms with E-state index in [1.165, 1.54) is 6.33 Å². The minimum absolute atomic E-state index is 0.0628. The molecule has 0 N–H and O–H groups in total. The number of nitrogens with zero attached hydrogens (tertiary/aromatic N) is 6. The van der Waals surface area contributed by atoms with E-state index in [1.807, 2.05) is 31.2 Å². The molecule has 9 nitrogen and oxygen atoms in total. The molecule has 0 fully saturated rings. The van der Waals surface area contributed by atoms with Gasteiger partial charge in [-0.15, -0.1) is 4.40 Å². The van der Waals surface area contributed by atoms with Gasteiger partial charge in [-0.1, -0.05) is 12.1 Å². The average Bonchev–Trinajstić information content (AvgIpc) is 3.26. The van der Waals surface area contributed by atoms with E-state index in [-0.39, 0.29) is 35.7 Å². The van der Waals surface area contributed by atoms with Gasteiger partial charge in [-0.05, 0) is 36.8 Å². The Morgan fingerprint density at radius 2 is 2.00 bits per heavy atom. The molecule has 0 bridgehead atoms. The summed E-state index contributed by atoms with van der Waals surface area (Å²) in [5.74, 6) is -0.167. The summed E-state index contributed by atoms with van der Waals surface area (Å²) in [5, 5.41) is 4.10. The first-order valence-corrected chi connectivity index (χ1v) is 10.7. The van der Waals surface area contributed by atoms with Crippen LogP contribution in [0.25, 0.3) is 5.69 Å². The molecule has 0 spiro atoms. The summed E-state index contributed by atoms with van der Waals surface area (Å²) >= 11 is 0. The van der Waals surface area contributed by atoms with Gasteiger partial charge >= 0.3 is 0 Å². The second-order valence-electron chi connectivity index (χ2n) is 6.84. The van der Waals surface area contributed by atoms with E-state index in [9.17, 15) is 13.2 Å². The van der Waals surface area contributed by atoms with E-state index >= 15 is 0 Å². The SMILES string of the molecule is CC(c1ccc(-n2cncn2)cc1)N(C)C(=O)C1=CC=CN2CCS(=O)(=O)N=C12. The fraction of sp³-hybridized carbons (Fsp3) is 0.263. The van der Waals surface area contributed by atoms with Crippen molar-refractivity contribution in [2.45, 2.75) is 13.0 Å². The van der Waals surface area contributed by atoms with Gasteiger partial charge in [0.1, 0.15) is 12.7 Å². The molecular formula is C19H20N6O3S. The first-order chi connectivity index (χ1) is 13.9. The number of hydrogen-bond acceptors (Lipinski definition) is 6. The van der Waals surface area contributed by atoms with Gasteiger partial charge in [0.25, 0.3) is 15.9 Å². The zero-order valence-corrected chi connectivity index (χ0v) is 16.8. The number of likely N-dealkylation sites (N-methyl/N-ethyl adjacent to an activating group) is 1. The lowest BCUT2D eigenvalue weighted by Gasteiger charge is -2.32. The quantitative estimate of drug-likeness (QED) is 0.750. The van der Waals surface area contributed by atoms with E-state index in [0.717, 1.165) is 11.3 Å². The number of carbonyl (C=O) groups is 1. The standard InChI is InChI=1S/C19H20N6O3S/c1-14(15-5-7-16(8-6-15)25-13-20-12-21-25)23(2)19(26)17-4-3-9-24-10-11-29(27,28)22-18(17)24/h3-9,12-14H,10-11H2,1-2H3. The number of benzene rings is 1. The lowest BCUT2D eigenvalue weighted by Crippen LogP contribution is -2.43. The molecule has 1 amide bonds. The van der Waals surface area contributed by atoms with Crippen LogP contribution in [0, 0.1) is 0 Å². The van der Waals surface area contributed by atoms with E-state index in [2.05, 4.69) is 14.5 Å². The Morgan fingerprint density at radius 3 is 2.69 bits per heavy atom. The van der Waals surface area contributed by atoms with Gasteiger partial charge < -0.3 is 9.80 Å². The number of rotatable bonds is 4. The minimum atomic E-state index is -3.56. The smallest absolute Gasteiger partial charge is 0.257 e. The third kappa shape index (κ3) is 3.70. The lowest BCUT2D eigenvalue weighted by atomic mass is 10.0. The zero-order chi connectivity index (χ0) is 20.6. The fourth-order valence-corrected chi connectivity index (χ4v) is 4.21. The summed E-state index contributed by atoms with van der Waals surface area (Å²) < 4.78 is 29.3. The summed E-state index contributed by atoms with van der Waals surface area (Å²) in [6, 6.07) is 7.43. The molecule has 0 saturated heterocycles. The van der Waals surface area contributed by atoms with Crippen molar-refractivity contribution in [3.63, 3.8) is 0 Å². The van der Waals surface area contributed by atoms with Crippen LogP contribution in [0.1, 0.15) is 18.5 Å². The van der Waals surface area contributed by atoms with E-state index in [1.54, 1.807) is 46.2 Å². The van der Waals surface area contributed by atoms with E-state index in [0.29, 0.717) is 0 Å². The highest BCUT2D eigenvalue weighted by molar-refractivity contribution is 7.90. The van der Waals surface area contributed by atoms with Gasteiger partial charge in [-0.3, -0.25) is 4.79 Å². The lowest BCUT2D eigenvalue weighted by molar-refractivity contribution is -0.127. The van der Waals surface area contributed by atoms with Crippen molar-refractivity contribution in [1.82, 2.24) is 24.6 Å². The highest BCUT2D eigenvalue weighted by Gasteiger charge is 2.32. The predicted octanol–water partition coefficient (Wildman–Crippen LogP) is 1.28. The topological polar surface area (TPSA) is 101 Å². The Hall–Kier alpha value is -3.27. The van der Waals surface area contributed by atoms with Crippen molar-refractivity contribution in [2.24, 2.45) is 4.40 Å². The van der Waals surface area contributed by atoms with Gasteiger partial charge in [0.2, 0.25) is 0 Å². The fourth-order valence-electron chi connectivity index (χ4n) is 3.22. The molecule has 29 heavy (non-hydrogen) atoms. The molecule has 10 heteroatoms. The number of amides is 1. The third-order valence-electron chi connectivity index (χ3n) is 5.05. The van der Waals surface area contributed by atoms with Crippen LogP contribution in [-0.4, -0.2) is 64.1 Å². The number of aromatic nitrogens is 3. The molecule has 2 aliphatic heterocycles. The molecule has 1 unspecified atom stereocenters. The van der Waals surface area contributed by atoms with Crippen LogP contribution >= 0.6 is 0 Å². The molecule has 2 aromatic rings. The Morgan fingerprint density at radius 1 is 1.24 bits per heavy atom. The van der Waals surface area contributed by atoms with Crippen molar-refractivity contribution < 1.29 is 13.2 Å². The second kappa shape index (κ2) is 7.28. The van der Waals surface area contributed by atoms with Crippen LogP contribution in [0.5, 0.6) is 0 Å². The van der Waals surface area contributed by atoms with E-state index in [4.69, 9.17) is 0 Å². The van der Waals surface area contributed by atoms with Crippen molar-refractivity contribution in [2.75, 3.05) is 19.3 Å². The Kier molecular flexibility index (Phi) is 4.79. The van der Waals surface area contributed by atoms with Crippen LogP contribution in [-0.2, 0) is 14.8 Å². The van der Waals surface area contributed by atoms with Gasteiger partial charge in [-0.25, -0.2) is 18.1 Å². The van der Waals surface area contributed by atoms with Crippen molar-refractivity contribution >= 4 is 21.8 Å².